The summed E-state index contributed by atoms with van der Waals surface area (Å²) >= 11 is 0. The van der Waals surface area contributed by atoms with E-state index >= 15 is 0 Å². The fourth-order valence-corrected chi connectivity index (χ4v) is 4.05. The van der Waals surface area contributed by atoms with Gasteiger partial charge in [0.15, 0.2) is 9.84 Å². The van der Waals surface area contributed by atoms with E-state index in [0.717, 1.165) is 12.1 Å². The van der Waals surface area contributed by atoms with Gasteiger partial charge in [-0.25, -0.2) is 8.42 Å². The van der Waals surface area contributed by atoms with Crippen molar-refractivity contribution in [1.29, 1.82) is 0 Å². The first kappa shape index (κ1) is 11.5. The number of rotatable bonds is 3. The Morgan fingerprint density at radius 3 is 2.94 bits per heavy atom. The van der Waals surface area contributed by atoms with E-state index in [1.807, 2.05) is 0 Å². The quantitative estimate of drug-likeness (QED) is 0.784. The zero-order chi connectivity index (χ0) is 11.8. The molecule has 0 saturated carbocycles. The molecule has 0 bridgehead atoms. The van der Waals surface area contributed by atoms with Crippen LogP contribution in [-0.4, -0.2) is 34.9 Å². The molecule has 2 N–H and O–H groups in total. The Kier molecular flexibility index (Phi) is 2.98. The summed E-state index contributed by atoms with van der Waals surface area (Å²) in [6, 6.07) is -0.182. The van der Waals surface area contributed by atoms with Crippen LogP contribution < -0.4 is 5.73 Å². The van der Waals surface area contributed by atoms with Crippen molar-refractivity contribution in [2.75, 3.05) is 11.5 Å². The number of hydrogen-bond donors (Lipinski definition) is 1. The van der Waals surface area contributed by atoms with E-state index < -0.39 is 9.84 Å². The van der Waals surface area contributed by atoms with Gasteiger partial charge in [-0.15, -0.1) is 5.10 Å². The highest BCUT2D eigenvalue weighted by Gasteiger charge is 2.29. The number of aryl methyl sites for hydroxylation is 1. The van der Waals surface area contributed by atoms with E-state index in [9.17, 15) is 8.42 Å². The number of hydrogen-bond acceptors (Lipinski definition) is 5. The molecule has 1 aliphatic heterocycles. The molecule has 2 heterocycles. The molecule has 2 unspecified atom stereocenters. The van der Waals surface area contributed by atoms with Crippen LogP contribution in [0, 0.1) is 5.92 Å². The molecule has 1 saturated heterocycles. The Balaban J connectivity index is 1.99. The van der Waals surface area contributed by atoms with Crippen LogP contribution in [0.2, 0.25) is 0 Å². The van der Waals surface area contributed by atoms with E-state index in [2.05, 4.69) is 10.3 Å². The molecule has 0 radical (unpaired) electrons. The van der Waals surface area contributed by atoms with Crippen LogP contribution >= 0.6 is 0 Å². The van der Waals surface area contributed by atoms with Crippen LogP contribution in [0.4, 0.5) is 0 Å². The third-order valence-electron chi connectivity index (χ3n) is 3.04. The number of sulfone groups is 1. The van der Waals surface area contributed by atoms with Gasteiger partial charge < -0.3 is 5.73 Å². The monoisotopic (exact) mass is 244 g/mol. The van der Waals surface area contributed by atoms with Gasteiger partial charge in [0, 0.05) is 13.1 Å². The maximum absolute atomic E-state index is 11.3. The molecule has 1 fully saturated rings. The van der Waals surface area contributed by atoms with Crippen molar-refractivity contribution in [2.45, 2.75) is 18.9 Å². The average Bonchev–Trinajstić information content (AvgIpc) is 2.72. The summed E-state index contributed by atoms with van der Waals surface area (Å²) in [4.78, 5) is 0. The maximum atomic E-state index is 11.3. The summed E-state index contributed by atoms with van der Waals surface area (Å²) in [5.41, 5.74) is 6.86. The molecule has 0 spiro atoms. The Morgan fingerprint density at radius 2 is 2.44 bits per heavy atom. The van der Waals surface area contributed by atoms with Crippen molar-refractivity contribution in [3.05, 3.63) is 11.9 Å². The Labute approximate surface area is 94.7 Å². The molecule has 6 nitrogen and oxygen atoms in total. The highest BCUT2D eigenvalue weighted by Crippen LogP contribution is 2.26. The molecule has 1 aliphatic rings. The van der Waals surface area contributed by atoms with Crippen LogP contribution in [-0.2, 0) is 16.9 Å². The average molecular weight is 244 g/mol. The van der Waals surface area contributed by atoms with Gasteiger partial charge in [-0.2, -0.15) is 0 Å². The molecule has 1 aromatic rings. The zero-order valence-corrected chi connectivity index (χ0v) is 10.0. The molecule has 0 amide bonds. The van der Waals surface area contributed by atoms with Gasteiger partial charge in [-0.1, -0.05) is 5.21 Å². The van der Waals surface area contributed by atoms with Crippen molar-refractivity contribution < 1.29 is 8.42 Å². The van der Waals surface area contributed by atoms with Gasteiger partial charge in [-0.3, -0.25) is 4.68 Å². The summed E-state index contributed by atoms with van der Waals surface area (Å²) in [7, 11) is -1.03. The minimum atomic E-state index is -2.81. The lowest BCUT2D eigenvalue weighted by Crippen LogP contribution is -2.19. The predicted octanol–water partition coefficient (Wildman–Crippen LogP) is -0.360. The third kappa shape index (κ3) is 2.41. The van der Waals surface area contributed by atoms with Gasteiger partial charge in [0.05, 0.1) is 23.4 Å². The molecule has 90 valence electrons. The van der Waals surface area contributed by atoms with Crippen molar-refractivity contribution in [3.8, 4) is 0 Å². The summed E-state index contributed by atoms with van der Waals surface area (Å²) in [5.74, 6) is 0.745. The molecular weight excluding hydrogens is 228 g/mol. The molecule has 0 aromatic carbocycles. The first-order valence-corrected chi connectivity index (χ1v) is 7.10. The van der Waals surface area contributed by atoms with Gasteiger partial charge in [-0.05, 0) is 18.8 Å². The second-order valence-corrected chi connectivity index (χ2v) is 6.62. The van der Waals surface area contributed by atoms with Gasteiger partial charge in [0.25, 0.3) is 0 Å². The highest BCUT2D eigenvalue weighted by molar-refractivity contribution is 7.91. The molecule has 16 heavy (non-hydrogen) atoms. The molecule has 2 rings (SSSR count). The summed E-state index contributed by atoms with van der Waals surface area (Å²) in [6.07, 6.45) is 3.04. The SMILES string of the molecule is Cn1nncc1C(N)CC1CCS(=O)(=O)C1. The van der Waals surface area contributed by atoms with E-state index in [-0.39, 0.29) is 17.7 Å². The minimum absolute atomic E-state index is 0.176. The van der Waals surface area contributed by atoms with Crippen LogP contribution in [0.5, 0.6) is 0 Å². The first-order chi connectivity index (χ1) is 7.48. The van der Waals surface area contributed by atoms with Gasteiger partial charge in [0.1, 0.15) is 0 Å². The molecule has 7 heteroatoms. The molecule has 2 atom stereocenters. The van der Waals surface area contributed by atoms with E-state index in [1.54, 1.807) is 17.9 Å². The second kappa shape index (κ2) is 4.14. The third-order valence-corrected chi connectivity index (χ3v) is 4.88. The fraction of sp³-hybridized carbons (Fsp3) is 0.778. The predicted molar refractivity (Wildman–Crippen MR) is 59.3 cm³/mol. The van der Waals surface area contributed by atoms with Crippen LogP contribution in [0.25, 0.3) is 0 Å². The summed E-state index contributed by atoms with van der Waals surface area (Å²) in [5, 5.41) is 7.57. The normalized spacial score (nSPS) is 25.8. The summed E-state index contributed by atoms with van der Waals surface area (Å²) < 4.78 is 24.2. The number of nitrogens with zero attached hydrogens (tertiary/aromatic N) is 3. The lowest BCUT2D eigenvalue weighted by molar-refractivity contribution is 0.462. The van der Waals surface area contributed by atoms with E-state index in [4.69, 9.17) is 5.73 Å². The fourth-order valence-electron chi connectivity index (χ4n) is 2.17. The zero-order valence-electron chi connectivity index (χ0n) is 9.20. The molecule has 0 aliphatic carbocycles. The first-order valence-electron chi connectivity index (χ1n) is 5.28. The topological polar surface area (TPSA) is 90.9 Å². The van der Waals surface area contributed by atoms with Crippen molar-refractivity contribution >= 4 is 9.84 Å². The standard InChI is InChI=1S/C9H16N4O2S/c1-13-9(5-11-12-13)8(10)4-7-2-3-16(14,15)6-7/h5,7-8H,2-4,6,10H2,1H3. The molecular formula is C9H16N4O2S. The number of nitrogens with two attached hydrogens (primary N) is 1. The van der Waals surface area contributed by atoms with Gasteiger partial charge in [0.2, 0.25) is 0 Å². The lowest BCUT2D eigenvalue weighted by Gasteiger charge is -2.14. The maximum Gasteiger partial charge on any atom is 0.150 e. The largest absolute Gasteiger partial charge is 0.323 e. The minimum Gasteiger partial charge on any atom is -0.323 e. The van der Waals surface area contributed by atoms with Crippen LogP contribution in [0.3, 0.4) is 0 Å². The second-order valence-electron chi connectivity index (χ2n) is 4.39. The van der Waals surface area contributed by atoms with Gasteiger partial charge >= 0.3 is 0 Å². The van der Waals surface area contributed by atoms with Crippen molar-refractivity contribution in [1.82, 2.24) is 15.0 Å². The molecule has 1 aromatic heterocycles. The Hall–Kier alpha value is -0.950. The smallest absolute Gasteiger partial charge is 0.150 e. The Morgan fingerprint density at radius 1 is 1.69 bits per heavy atom. The highest BCUT2D eigenvalue weighted by atomic mass is 32.2. The van der Waals surface area contributed by atoms with Crippen molar-refractivity contribution in [3.63, 3.8) is 0 Å². The van der Waals surface area contributed by atoms with Crippen molar-refractivity contribution in [2.24, 2.45) is 18.7 Å². The van der Waals surface area contributed by atoms with E-state index in [0.29, 0.717) is 12.2 Å². The van der Waals surface area contributed by atoms with Crippen LogP contribution in [0.15, 0.2) is 6.20 Å². The Bertz CT molecular complexity index is 468. The lowest BCUT2D eigenvalue weighted by atomic mass is 9.98. The number of aromatic nitrogens is 3. The van der Waals surface area contributed by atoms with Crippen LogP contribution in [0.1, 0.15) is 24.6 Å². The summed E-state index contributed by atoms with van der Waals surface area (Å²) in [6.45, 7) is 0. The van der Waals surface area contributed by atoms with E-state index in [1.165, 1.54) is 0 Å².